The van der Waals surface area contributed by atoms with Crippen LogP contribution in [0.4, 0.5) is 0 Å². The Morgan fingerprint density at radius 3 is 2.35 bits per heavy atom. The number of Topliss-reactive ketones (excluding diaryl/α,β-unsaturated/α-hetero) is 3. The molecule has 8 heteroatoms. The third-order valence-corrected chi connectivity index (χ3v) is 3.56. The number of benzene rings is 1. The second-order valence-corrected chi connectivity index (χ2v) is 4.90. The predicted octanol–water partition coefficient (Wildman–Crippen LogP) is 1.84. The van der Waals surface area contributed by atoms with Crippen LogP contribution in [0.25, 0.3) is 11.0 Å². The topological polar surface area (TPSA) is 134 Å². The summed E-state index contributed by atoms with van der Waals surface area (Å²) in [5, 5.41) is 29.7. The lowest BCUT2D eigenvalue weighted by atomic mass is 9.90. The number of furan rings is 1. The van der Waals surface area contributed by atoms with Crippen molar-refractivity contribution in [3.8, 4) is 11.5 Å². The van der Waals surface area contributed by atoms with E-state index in [0.717, 1.165) is 20.1 Å². The van der Waals surface area contributed by atoms with Crippen LogP contribution in [-0.2, 0) is 4.74 Å². The van der Waals surface area contributed by atoms with E-state index in [1.165, 1.54) is 0 Å². The van der Waals surface area contributed by atoms with E-state index < -0.39 is 51.7 Å². The first-order chi connectivity index (χ1) is 10.8. The van der Waals surface area contributed by atoms with E-state index in [1.807, 2.05) is 0 Å². The molecule has 1 aromatic carbocycles. The lowest BCUT2D eigenvalue weighted by Gasteiger charge is -2.17. The van der Waals surface area contributed by atoms with Crippen LogP contribution in [0.15, 0.2) is 22.0 Å². The summed E-state index contributed by atoms with van der Waals surface area (Å²) in [5.74, 6) is -5.81. The van der Waals surface area contributed by atoms with Crippen LogP contribution in [-0.4, -0.2) is 39.8 Å². The number of phenolic OH excluding ortho intramolecular Hbond substituents is 1. The van der Waals surface area contributed by atoms with E-state index in [4.69, 9.17) is 9.15 Å². The maximum atomic E-state index is 12.2. The number of carbonyl (C=O) groups is 3. The highest BCUT2D eigenvalue weighted by Crippen LogP contribution is 2.44. The van der Waals surface area contributed by atoms with Crippen molar-refractivity contribution in [2.75, 3.05) is 7.11 Å². The summed E-state index contributed by atoms with van der Waals surface area (Å²) in [7, 11) is 1.10. The second kappa shape index (κ2) is 4.60. The number of hydrogen-bond acceptors (Lipinski definition) is 8. The number of rotatable bonds is 2. The first-order valence-corrected chi connectivity index (χ1v) is 6.38. The highest BCUT2D eigenvalue weighted by Gasteiger charge is 2.38. The lowest BCUT2D eigenvalue weighted by molar-refractivity contribution is 0.0853. The Bertz CT molecular complexity index is 944. The summed E-state index contributed by atoms with van der Waals surface area (Å²) in [4.78, 5) is 35.8. The van der Waals surface area contributed by atoms with Crippen LogP contribution < -0.4 is 0 Å². The minimum atomic E-state index is -1.04. The van der Waals surface area contributed by atoms with E-state index in [9.17, 15) is 29.7 Å². The number of phenols is 1. The van der Waals surface area contributed by atoms with Crippen molar-refractivity contribution in [1.82, 2.24) is 0 Å². The van der Waals surface area contributed by atoms with Crippen LogP contribution in [0.1, 0.15) is 38.2 Å². The summed E-state index contributed by atoms with van der Waals surface area (Å²) in [6.07, 6.45) is 0. The van der Waals surface area contributed by atoms with Gasteiger partial charge in [0.2, 0.25) is 28.8 Å². The number of aliphatic hydroxyl groups excluding tert-OH is 1. The molecule has 3 N–H and O–H groups in total. The SMILES string of the molecule is COC1=C(O)C(=O)c2c(cc3oc(C(C)=O)c(O)c3c2O)C1=O. The lowest BCUT2D eigenvalue weighted by Crippen LogP contribution is -2.23. The van der Waals surface area contributed by atoms with Crippen molar-refractivity contribution >= 4 is 28.3 Å². The molecule has 0 unspecified atom stereocenters. The van der Waals surface area contributed by atoms with Crippen LogP contribution in [0.3, 0.4) is 0 Å². The normalized spacial score (nSPS) is 14.3. The first-order valence-electron chi connectivity index (χ1n) is 6.38. The van der Waals surface area contributed by atoms with Crippen molar-refractivity contribution in [3.63, 3.8) is 0 Å². The average Bonchev–Trinajstić information content (AvgIpc) is 2.83. The minimum absolute atomic E-state index is 0.151. The molecule has 0 bridgehead atoms. The van der Waals surface area contributed by atoms with E-state index in [1.54, 1.807) is 0 Å². The molecule has 3 rings (SSSR count). The molecular weight excluding hydrogens is 308 g/mol. The molecule has 1 heterocycles. The first kappa shape index (κ1) is 14.6. The molecule has 1 aliphatic rings. The number of allylic oxidation sites excluding steroid dienone is 2. The number of aromatic hydroxyl groups is 2. The van der Waals surface area contributed by atoms with Crippen molar-refractivity contribution in [2.24, 2.45) is 0 Å². The van der Waals surface area contributed by atoms with Gasteiger partial charge >= 0.3 is 0 Å². The largest absolute Gasteiger partial charge is 0.506 e. The Balaban J connectivity index is 2.42. The number of aliphatic hydroxyl groups is 1. The Morgan fingerprint density at radius 2 is 1.78 bits per heavy atom. The van der Waals surface area contributed by atoms with Crippen LogP contribution in [0, 0.1) is 0 Å². The van der Waals surface area contributed by atoms with Gasteiger partial charge in [-0.25, -0.2) is 0 Å². The van der Waals surface area contributed by atoms with Crippen molar-refractivity contribution < 1.29 is 38.9 Å². The van der Waals surface area contributed by atoms with Gasteiger partial charge < -0.3 is 24.5 Å². The Labute approximate surface area is 128 Å². The van der Waals surface area contributed by atoms with E-state index >= 15 is 0 Å². The third kappa shape index (κ3) is 1.75. The molecule has 0 amide bonds. The van der Waals surface area contributed by atoms with Gasteiger partial charge in [-0.2, -0.15) is 0 Å². The van der Waals surface area contributed by atoms with E-state index in [2.05, 4.69) is 0 Å². The second-order valence-electron chi connectivity index (χ2n) is 4.90. The number of ketones is 3. The maximum Gasteiger partial charge on any atom is 0.235 e. The van der Waals surface area contributed by atoms with Gasteiger partial charge in [0.25, 0.3) is 0 Å². The van der Waals surface area contributed by atoms with Gasteiger partial charge in [-0.3, -0.25) is 14.4 Å². The van der Waals surface area contributed by atoms with Gasteiger partial charge in [-0.15, -0.1) is 0 Å². The van der Waals surface area contributed by atoms with Gasteiger partial charge in [0.15, 0.2) is 11.5 Å². The summed E-state index contributed by atoms with van der Waals surface area (Å²) in [5.41, 5.74) is -0.910. The summed E-state index contributed by atoms with van der Waals surface area (Å²) in [6, 6.07) is 1.10. The monoisotopic (exact) mass is 318 g/mol. The molecule has 8 nitrogen and oxygen atoms in total. The van der Waals surface area contributed by atoms with Crippen molar-refractivity contribution in [3.05, 3.63) is 34.5 Å². The third-order valence-electron chi connectivity index (χ3n) is 3.56. The van der Waals surface area contributed by atoms with Crippen molar-refractivity contribution in [2.45, 2.75) is 6.92 Å². The molecule has 0 spiro atoms. The van der Waals surface area contributed by atoms with Gasteiger partial charge in [0.05, 0.1) is 12.7 Å². The smallest absolute Gasteiger partial charge is 0.235 e. The zero-order valence-corrected chi connectivity index (χ0v) is 12.0. The summed E-state index contributed by atoms with van der Waals surface area (Å²) >= 11 is 0. The maximum absolute atomic E-state index is 12.2. The molecule has 0 saturated carbocycles. The zero-order chi connectivity index (χ0) is 17.0. The fourth-order valence-corrected chi connectivity index (χ4v) is 2.51. The summed E-state index contributed by atoms with van der Waals surface area (Å²) in [6.45, 7) is 1.14. The highest BCUT2D eigenvalue weighted by atomic mass is 16.5. The highest BCUT2D eigenvalue weighted by molar-refractivity contribution is 6.28. The number of methoxy groups -OCH3 is 1. The van der Waals surface area contributed by atoms with Gasteiger partial charge in [0.1, 0.15) is 16.7 Å². The molecule has 0 aliphatic heterocycles. The molecule has 118 valence electrons. The Morgan fingerprint density at radius 1 is 1.13 bits per heavy atom. The van der Waals surface area contributed by atoms with Gasteiger partial charge in [-0.1, -0.05) is 0 Å². The van der Waals surface area contributed by atoms with Crippen molar-refractivity contribution in [1.29, 1.82) is 0 Å². The van der Waals surface area contributed by atoms with E-state index in [-0.39, 0.29) is 16.5 Å². The number of hydrogen-bond donors (Lipinski definition) is 3. The van der Waals surface area contributed by atoms with Crippen LogP contribution >= 0.6 is 0 Å². The molecule has 23 heavy (non-hydrogen) atoms. The Kier molecular flexibility index (Phi) is 2.93. The van der Waals surface area contributed by atoms with Crippen LogP contribution in [0.5, 0.6) is 11.5 Å². The molecule has 2 aromatic rings. The molecule has 0 atom stereocenters. The van der Waals surface area contributed by atoms with E-state index in [0.29, 0.717) is 0 Å². The number of fused-ring (bicyclic) bond motifs is 2. The molecular formula is C15H10O8. The molecule has 0 radical (unpaired) electrons. The van der Waals surface area contributed by atoms with Gasteiger partial charge in [0, 0.05) is 12.5 Å². The molecule has 0 fully saturated rings. The number of carbonyl (C=O) groups excluding carboxylic acids is 3. The fourth-order valence-electron chi connectivity index (χ4n) is 2.51. The fraction of sp³-hybridized carbons (Fsp3) is 0.133. The predicted molar refractivity (Wildman–Crippen MR) is 74.9 cm³/mol. The van der Waals surface area contributed by atoms with Gasteiger partial charge in [-0.05, 0) is 6.07 Å². The minimum Gasteiger partial charge on any atom is -0.506 e. The number of ether oxygens (including phenoxy) is 1. The molecule has 1 aliphatic carbocycles. The quantitative estimate of drug-likeness (QED) is 0.714. The Hall–Kier alpha value is -3.29. The van der Waals surface area contributed by atoms with Crippen LogP contribution in [0.2, 0.25) is 0 Å². The zero-order valence-electron chi connectivity index (χ0n) is 12.0. The average molecular weight is 318 g/mol. The summed E-state index contributed by atoms with van der Waals surface area (Å²) < 4.78 is 9.85. The standard InChI is InChI=1S/C15H10O8/c1-4(16)14-12(20)8-6(23-14)3-5-7(10(8)18)11(19)13(21)15(22-2)9(5)17/h3,18,20-21H,1-2H3. The molecule has 1 aromatic heterocycles. The molecule has 0 saturated heterocycles.